The second-order valence-electron chi connectivity index (χ2n) is 6.99. The van der Waals surface area contributed by atoms with Gasteiger partial charge in [0, 0.05) is 0 Å². The van der Waals surface area contributed by atoms with E-state index >= 15 is 0 Å². The van der Waals surface area contributed by atoms with E-state index in [2.05, 4.69) is 10.4 Å². The quantitative estimate of drug-likeness (QED) is 0.694. The van der Waals surface area contributed by atoms with Crippen LogP contribution in [0.15, 0.2) is 10.2 Å². The lowest BCUT2D eigenvalue weighted by Crippen LogP contribution is -2.32. The number of rotatable bonds is 7. The fourth-order valence-corrected chi connectivity index (χ4v) is 3.79. The topological polar surface area (TPSA) is 114 Å². The Bertz CT molecular complexity index is 1030. The van der Waals surface area contributed by atoms with Crippen LogP contribution in [0.5, 0.6) is 0 Å². The number of nitriles is 1. The van der Waals surface area contributed by atoms with E-state index in [1.807, 2.05) is 25.3 Å². The first-order valence-corrected chi connectivity index (χ1v) is 10.1. The normalized spacial score (nSPS) is 10.7. The zero-order valence-electron chi connectivity index (χ0n) is 17.2. The molecule has 1 amide bonds. The number of ether oxygens (including phenoxy) is 1. The first-order chi connectivity index (χ1) is 13.7. The Labute approximate surface area is 173 Å². The van der Waals surface area contributed by atoms with Gasteiger partial charge in [0.1, 0.15) is 23.2 Å². The summed E-state index contributed by atoms with van der Waals surface area (Å²) in [5.41, 5.74) is 1.49. The summed E-state index contributed by atoms with van der Waals surface area (Å²) >= 11 is 1.24. The lowest BCUT2D eigenvalue weighted by atomic mass is 10.0. The number of aryl methyl sites for hydroxylation is 1. The molecular weight excluding hydrogens is 392 g/mol. The summed E-state index contributed by atoms with van der Waals surface area (Å²) in [6.45, 7) is 8.96. The van der Waals surface area contributed by atoms with E-state index in [1.54, 1.807) is 20.8 Å². The predicted molar refractivity (Wildman–Crippen MR) is 110 cm³/mol. The van der Waals surface area contributed by atoms with E-state index < -0.39 is 17.4 Å². The van der Waals surface area contributed by atoms with Crippen LogP contribution in [-0.4, -0.2) is 28.3 Å². The third-order valence-electron chi connectivity index (χ3n) is 4.27. The second kappa shape index (κ2) is 9.47. The molecule has 0 spiro atoms. The minimum atomic E-state index is -0.622. The SMILES string of the molecule is CCOC(=O)c1c(CC(C)C)csc1NC(=O)Cn1nc(C)c(C)c(C#N)c1=O. The van der Waals surface area contributed by atoms with Gasteiger partial charge in [-0.2, -0.15) is 10.4 Å². The van der Waals surface area contributed by atoms with E-state index in [1.165, 1.54) is 11.3 Å². The molecule has 1 N–H and O–H groups in total. The van der Waals surface area contributed by atoms with Crippen LogP contribution in [0, 0.1) is 31.1 Å². The van der Waals surface area contributed by atoms with Crippen molar-refractivity contribution in [2.45, 2.75) is 47.6 Å². The highest BCUT2D eigenvalue weighted by Crippen LogP contribution is 2.31. The van der Waals surface area contributed by atoms with Gasteiger partial charge in [-0.3, -0.25) is 9.59 Å². The maximum absolute atomic E-state index is 12.6. The molecule has 8 nitrogen and oxygen atoms in total. The Morgan fingerprint density at radius 1 is 1.38 bits per heavy atom. The van der Waals surface area contributed by atoms with Gasteiger partial charge < -0.3 is 10.1 Å². The summed E-state index contributed by atoms with van der Waals surface area (Å²) < 4.78 is 6.10. The predicted octanol–water partition coefficient (Wildman–Crippen LogP) is 2.81. The average Bonchev–Trinajstić information content (AvgIpc) is 3.01. The lowest BCUT2D eigenvalue weighted by Gasteiger charge is -2.11. The van der Waals surface area contributed by atoms with Gasteiger partial charge in [0.15, 0.2) is 0 Å². The summed E-state index contributed by atoms with van der Waals surface area (Å²) in [6.07, 6.45) is 0.671. The molecule has 2 aromatic heterocycles. The number of esters is 1. The molecule has 0 aliphatic carbocycles. The molecule has 0 aliphatic rings. The Kier molecular flexibility index (Phi) is 7.29. The number of nitrogens with one attached hydrogen (secondary N) is 1. The number of thiophene rings is 1. The smallest absolute Gasteiger partial charge is 0.341 e. The van der Waals surface area contributed by atoms with Crippen LogP contribution in [-0.2, 0) is 22.5 Å². The lowest BCUT2D eigenvalue weighted by molar-refractivity contribution is -0.117. The van der Waals surface area contributed by atoms with E-state index in [0.29, 0.717) is 34.2 Å². The number of carbonyl (C=O) groups excluding carboxylic acids is 2. The van der Waals surface area contributed by atoms with Crippen molar-refractivity contribution in [3.63, 3.8) is 0 Å². The third-order valence-corrected chi connectivity index (χ3v) is 5.21. The van der Waals surface area contributed by atoms with Crippen LogP contribution in [0.1, 0.15) is 53.5 Å². The molecule has 0 unspecified atom stereocenters. The van der Waals surface area contributed by atoms with Crippen LogP contribution in [0.2, 0.25) is 0 Å². The summed E-state index contributed by atoms with van der Waals surface area (Å²) in [5.74, 6) is -0.688. The molecule has 0 radical (unpaired) electrons. The zero-order chi connectivity index (χ0) is 21.7. The molecule has 2 heterocycles. The summed E-state index contributed by atoms with van der Waals surface area (Å²) in [5, 5.41) is 18.2. The zero-order valence-corrected chi connectivity index (χ0v) is 18.0. The number of nitrogens with zero attached hydrogens (tertiary/aromatic N) is 3. The summed E-state index contributed by atoms with van der Waals surface area (Å²) in [7, 11) is 0. The number of anilines is 1. The van der Waals surface area contributed by atoms with E-state index in [4.69, 9.17) is 4.74 Å². The molecule has 0 fully saturated rings. The number of aromatic nitrogens is 2. The second-order valence-corrected chi connectivity index (χ2v) is 7.87. The number of carbonyl (C=O) groups is 2. The number of hydrogen-bond donors (Lipinski definition) is 1. The highest BCUT2D eigenvalue weighted by molar-refractivity contribution is 7.15. The molecule has 0 aliphatic heterocycles. The maximum Gasteiger partial charge on any atom is 0.341 e. The van der Waals surface area contributed by atoms with Crippen LogP contribution in [0.3, 0.4) is 0 Å². The van der Waals surface area contributed by atoms with Gasteiger partial charge in [-0.25, -0.2) is 9.48 Å². The van der Waals surface area contributed by atoms with Gasteiger partial charge in [0.2, 0.25) is 5.91 Å². The molecule has 0 bridgehead atoms. The van der Waals surface area contributed by atoms with Crippen molar-refractivity contribution in [3.8, 4) is 6.07 Å². The van der Waals surface area contributed by atoms with Crippen LogP contribution < -0.4 is 10.9 Å². The first-order valence-electron chi connectivity index (χ1n) is 9.25. The Balaban J connectivity index is 2.31. The van der Waals surface area contributed by atoms with Gasteiger partial charge in [-0.15, -0.1) is 11.3 Å². The fourth-order valence-electron chi connectivity index (χ4n) is 2.82. The Morgan fingerprint density at radius 2 is 2.07 bits per heavy atom. The Hall–Kier alpha value is -2.99. The van der Waals surface area contributed by atoms with Crippen LogP contribution in [0.4, 0.5) is 5.00 Å². The van der Waals surface area contributed by atoms with Crippen molar-refractivity contribution in [3.05, 3.63) is 43.7 Å². The van der Waals surface area contributed by atoms with Crippen molar-refractivity contribution in [2.24, 2.45) is 5.92 Å². The molecule has 0 atom stereocenters. The molecular formula is C20H24N4O4S. The highest BCUT2D eigenvalue weighted by Gasteiger charge is 2.23. The van der Waals surface area contributed by atoms with Crippen molar-refractivity contribution >= 4 is 28.2 Å². The van der Waals surface area contributed by atoms with Crippen LogP contribution in [0.25, 0.3) is 0 Å². The molecule has 0 saturated carbocycles. The van der Waals surface area contributed by atoms with E-state index in [9.17, 15) is 19.6 Å². The van der Waals surface area contributed by atoms with Crippen molar-refractivity contribution in [1.29, 1.82) is 5.26 Å². The monoisotopic (exact) mass is 416 g/mol. The average molecular weight is 417 g/mol. The number of hydrogen-bond acceptors (Lipinski definition) is 7. The minimum absolute atomic E-state index is 0.0344. The fraction of sp³-hybridized carbons (Fsp3) is 0.450. The third kappa shape index (κ3) is 5.09. The van der Waals surface area contributed by atoms with Gasteiger partial charge in [0.05, 0.1) is 17.9 Å². The van der Waals surface area contributed by atoms with Crippen molar-refractivity contribution in [1.82, 2.24) is 9.78 Å². The molecule has 0 aromatic carbocycles. The van der Waals surface area contributed by atoms with Gasteiger partial charge >= 0.3 is 5.97 Å². The molecule has 2 rings (SSSR count). The minimum Gasteiger partial charge on any atom is -0.462 e. The molecule has 9 heteroatoms. The standard InChI is InChI=1S/C20H24N4O4S/c1-6-28-20(27)17-14(7-11(2)3)10-29-18(17)22-16(25)9-24-19(26)15(8-21)12(4)13(5)23-24/h10-11H,6-7,9H2,1-5H3,(H,22,25). The maximum atomic E-state index is 12.6. The van der Waals surface area contributed by atoms with Crippen LogP contribution >= 0.6 is 11.3 Å². The Morgan fingerprint density at radius 3 is 2.66 bits per heavy atom. The number of amides is 1. The first kappa shape index (κ1) is 22.3. The van der Waals surface area contributed by atoms with Crippen molar-refractivity contribution in [2.75, 3.05) is 11.9 Å². The van der Waals surface area contributed by atoms with Gasteiger partial charge in [-0.05, 0) is 49.6 Å². The summed E-state index contributed by atoms with van der Waals surface area (Å²) in [4.78, 5) is 37.3. The molecule has 29 heavy (non-hydrogen) atoms. The van der Waals surface area contributed by atoms with E-state index in [-0.39, 0.29) is 18.7 Å². The van der Waals surface area contributed by atoms with Gasteiger partial charge in [-0.1, -0.05) is 13.8 Å². The highest BCUT2D eigenvalue weighted by atomic mass is 32.1. The van der Waals surface area contributed by atoms with Crippen molar-refractivity contribution < 1.29 is 14.3 Å². The molecule has 0 saturated heterocycles. The molecule has 2 aromatic rings. The van der Waals surface area contributed by atoms with Gasteiger partial charge in [0.25, 0.3) is 5.56 Å². The molecule has 154 valence electrons. The van der Waals surface area contributed by atoms with E-state index in [0.717, 1.165) is 10.2 Å². The summed E-state index contributed by atoms with van der Waals surface area (Å²) in [6, 6.07) is 1.86. The largest absolute Gasteiger partial charge is 0.462 e.